The number of ether oxygens (including phenoxy) is 2. The zero-order valence-electron chi connectivity index (χ0n) is 16.2. The first-order valence-electron chi connectivity index (χ1n) is 9.81. The van der Waals surface area contributed by atoms with Gasteiger partial charge in [0.2, 0.25) is 0 Å². The molecule has 0 spiro atoms. The number of nitro benzene ring substituents is 1. The lowest BCUT2D eigenvalue weighted by atomic mass is 10.0. The topological polar surface area (TPSA) is 64.8 Å². The molecule has 3 aromatic rings. The van der Waals surface area contributed by atoms with Crippen LogP contribution in [0, 0.1) is 10.1 Å². The Morgan fingerprint density at radius 1 is 0.806 bits per heavy atom. The lowest BCUT2D eigenvalue weighted by Crippen LogP contribution is -2.31. The fourth-order valence-electron chi connectivity index (χ4n) is 4.24. The van der Waals surface area contributed by atoms with Gasteiger partial charge in [0.15, 0.2) is 0 Å². The van der Waals surface area contributed by atoms with Crippen LogP contribution in [-0.2, 0) is 9.47 Å². The maximum atomic E-state index is 11.0. The summed E-state index contributed by atoms with van der Waals surface area (Å²) >= 11 is 12.2. The summed E-state index contributed by atoms with van der Waals surface area (Å²) in [6.45, 7) is 0.471. The van der Waals surface area contributed by atoms with Gasteiger partial charge in [0.05, 0.1) is 17.6 Å². The van der Waals surface area contributed by atoms with Gasteiger partial charge in [-0.1, -0.05) is 47.5 Å². The zero-order chi connectivity index (χ0) is 21.5. The highest BCUT2D eigenvalue weighted by molar-refractivity contribution is 6.30. The van der Waals surface area contributed by atoms with E-state index in [1.54, 1.807) is 12.1 Å². The Bertz CT molecular complexity index is 1090. The molecule has 0 saturated carbocycles. The highest BCUT2D eigenvalue weighted by Crippen LogP contribution is 2.51. The molecule has 6 nitrogen and oxygen atoms in total. The summed E-state index contributed by atoms with van der Waals surface area (Å²) in [6.07, 6.45) is -0.949. The number of non-ortho nitro benzene ring substituents is 1. The molecule has 0 aliphatic carbocycles. The molecule has 2 saturated heterocycles. The number of benzene rings is 3. The molecule has 4 atom stereocenters. The second-order valence-electron chi connectivity index (χ2n) is 7.56. The molecule has 2 heterocycles. The monoisotopic (exact) mass is 456 g/mol. The van der Waals surface area contributed by atoms with Gasteiger partial charge in [-0.15, -0.1) is 0 Å². The van der Waals surface area contributed by atoms with Crippen LogP contribution in [0.4, 0.5) is 5.69 Å². The van der Waals surface area contributed by atoms with Crippen LogP contribution in [0.2, 0.25) is 10.0 Å². The first kappa shape index (κ1) is 20.4. The van der Waals surface area contributed by atoms with Crippen molar-refractivity contribution in [2.24, 2.45) is 0 Å². The van der Waals surface area contributed by atoms with E-state index in [9.17, 15) is 10.1 Å². The number of nitro groups is 1. The number of hydrogen-bond donors (Lipinski definition) is 0. The van der Waals surface area contributed by atoms with Crippen LogP contribution in [0.5, 0.6) is 0 Å². The van der Waals surface area contributed by atoms with E-state index in [0.29, 0.717) is 16.7 Å². The van der Waals surface area contributed by atoms with Crippen molar-refractivity contribution in [1.82, 2.24) is 4.90 Å². The third-order valence-electron chi connectivity index (χ3n) is 5.72. The van der Waals surface area contributed by atoms with E-state index in [4.69, 9.17) is 32.7 Å². The Morgan fingerprint density at radius 3 is 1.87 bits per heavy atom. The highest BCUT2D eigenvalue weighted by Gasteiger charge is 2.51. The van der Waals surface area contributed by atoms with Crippen LogP contribution in [0.1, 0.15) is 35.3 Å². The van der Waals surface area contributed by atoms with Gasteiger partial charge in [0.25, 0.3) is 5.69 Å². The molecule has 3 aromatic carbocycles. The zero-order valence-corrected chi connectivity index (χ0v) is 17.7. The van der Waals surface area contributed by atoms with Gasteiger partial charge >= 0.3 is 0 Å². The van der Waals surface area contributed by atoms with Gasteiger partial charge < -0.3 is 9.47 Å². The molecule has 158 valence electrons. The second-order valence-corrected chi connectivity index (χ2v) is 8.43. The fraction of sp³-hybridized carbons (Fsp3) is 0.217. The van der Waals surface area contributed by atoms with Crippen LogP contribution in [0.25, 0.3) is 0 Å². The molecule has 0 bridgehead atoms. The molecule has 0 radical (unpaired) electrons. The van der Waals surface area contributed by atoms with Gasteiger partial charge in [0, 0.05) is 22.2 Å². The van der Waals surface area contributed by atoms with Crippen molar-refractivity contribution in [3.8, 4) is 0 Å². The molecule has 5 rings (SSSR count). The van der Waals surface area contributed by atoms with Crippen molar-refractivity contribution < 1.29 is 14.4 Å². The van der Waals surface area contributed by atoms with Crippen molar-refractivity contribution in [2.45, 2.75) is 24.6 Å². The lowest BCUT2D eigenvalue weighted by molar-refractivity contribution is -0.384. The quantitative estimate of drug-likeness (QED) is 0.352. The van der Waals surface area contributed by atoms with Crippen LogP contribution in [0.3, 0.4) is 0 Å². The van der Waals surface area contributed by atoms with Crippen molar-refractivity contribution >= 4 is 28.9 Å². The molecular weight excluding hydrogens is 439 g/mol. The summed E-state index contributed by atoms with van der Waals surface area (Å²) in [6, 6.07) is 21.6. The Labute approximate surface area is 189 Å². The van der Waals surface area contributed by atoms with E-state index < -0.39 is 4.92 Å². The Hall–Kier alpha value is -2.48. The number of nitrogens with zero attached hydrogens (tertiary/aromatic N) is 2. The summed E-state index contributed by atoms with van der Waals surface area (Å²) in [4.78, 5) is 12.8. The van der Waals surface area contributed by atoms with Gasteiger partial charge in [-0.05, 0) is 53.1 Å². The van der Waals surface area contributed by atoms with Crippen LogP contribution in [0.15, 0.2) is 72.8 Å². The third kappa shape index (κ3) is 3.82. The van der Waals surface area contributed by atoms with Crippen molar-refractivity contribution in [2.75, 3.05) is 6.61 Å². The van der Waals surface area contributed by atoms with Crippen molar-refractivity contribution in [3.63, 3.8) is 0 Å². The summed E-state index contributed by atoms with van der Waals surface area (Å²) < 4.78 is 12.7. The molecule has 0 aromatic heterocycles. The summed E-state index contributed by atoms with van der Waals surface area (Å²) in [5.41, 5.74) is 2.87. The highest BCUT2D eigenvalue weighted by atomic mass is 35.5. The standard InChI is InChI=1S/C23H18Cl2N2O4/c24-17-7-1-15(2-8-17)22-26-20(13-30-22)21(14-5-11-19(12-6-14)27(28)29)31-23(26)16-3-9-18(25)10-4-16/h1-12,20-23H,13H2. The minimum atomic E-state index is -0.405. The maximum absolute atomic E-state index is 11.0. The molecule has 4 unspecified atom stereocenters. The van der Waals surface area contributed by atoms with Gasteiger partial charge in [-0.2, -0.15) is 0 Å². The molecular formula is C23H18Cl2N2O4. The SMILES string of the molecule is O=[N+]([O-])c1ccc(C2OC(c3ccc(Cl)cc3)N3C(c4ccc(Cl)cc4)OCC23)cc1. The Morgan fingerprint density at radius 2 is 1.32 bits per heavy atom. The van der Waals surface area contributed by atoms with Gasteiger partial charge in [0.1, 0.15) is 18.6 Å². The number of halogens is 2. The van der Waals surface area contributed by atoms with Crippen molar-refractivity contribution in [1.29, 1.82) is 0 Å². The first-order chi connectivity index (χ1) is 15.0. The predicted molar refractivity (Wildman–Crippen MR) is 117 cm³/mol. The molecule has 2 fully saturated rings. The van der Waals surface area contributed by atoms with Crippen LogP contribution < -0.4 is 0 Å². The molecule has 31 heavy (non-hydrogen) atoms. The molecule has 0 N–H and O–H groups in total. The minimum Gasteiger partial charge on any atom is -0.357 e. The Balaban J connectivity index is 1.52. The third-order valence-corrected chi connectivity index (χ3v) is 6.22. The van der Waals surface area contributed by atoms with Gasteiger partial charge in [-0.25, -0.2) is 4.90 Å². The predicted octanol–water partition coefficient (Wildman–Crippen LogP) is 6.07. The number of fused-ring (bicyclic) bond motifs is 1. The molecule has 0 amide bonds. The fourth-order valence-corrected chi connectivity index (χ4v) is 4.49. The van der Waals surface area contributed by atoms with E-state index in [1.165, 1.54) is 12.1 Å². The Kier molecular flexibility index (Phi) is 5.42. The van der Waals surface area contributed by atoms with E-state index in [2.05, 4.69) is 4.90 Å². The van der Waals surface area contributed by atoms with Gasteiger partial charge in [-0.3, -0.25) is 10.1 Å². The largest absolute Gasteiger partial charge is 0.357 e. The lowest BCUT2D eigenvalue weighted by Gasteiger charge is -2.27. The molecule has 2 aliphatic rings. The van der Waals surface area contributed by atoms with E-state index >= 15 is 0 Å². The average Bonchev–Trinajstić information content (AvgIpc) is 3.36. The van der Waals surface area contributed by atoms with Crippen LogP contribution in [-0.4, -0.2) is 22.5 Å². The van der Waals surface area contributed by atoms with E-state index in [0.717, 1.165) is 16.7 Å². The molecule has 8 heteroatoms. The number of hydrogen-bond acceptors (Lipinski definition) is 5. The maximum Gasteiger partial charge on any atom is 0.269 e. The normalized spacial score (nSPS) is 25.5. The second kappa shape index (κ2) is 8.22. The smallest absolute Gasteiger partial charge is 0.269 e. The van der Waals surface area contributed by atoms with Crippen LogP contribution >= 0.6 is 23.2 Å². The van der Waals surface area contributed by atoms with E-state index in [-0.39, 0.29) is 30.3 Å². The summed E-state index contributed by atoms with van der Waals surface area (Å²) in [5.74, 6) is 0. The first-order valence-corrected chi connectivity index (χ1v) is 10.6. The average molecular weight is 457 g/mol. The minimum absolute atomic E-state index is 0.0505. The summed E-state index contributed by atoms with van der Waals surface area (Å²) in [7, 11) is 0. The van der Waals surface area contributed by atoms with Crippen molar-refractivity contribution in [3.05, 3.63) is 110 Å². The molecule has 2 aliphatic heterocycles. The number of rotatable bonds is 4. The summed E-state index contributed by atoms with van der Waals surface area (Å²) in [5, 5.41) is 12.3. The van der Waals surface area contributed by atoms with E-state index in [1.807, 2.05) is 48.5 Å².